The molecule has 0 spiro atoms. The molecule has 3 saturated heterocycles. The first-order chi connectivity index (χ1) is 40.3. The number of rotatable bonds is 15. The minimum Gasteiger partial charge on any atom is -0.508 e. The molecular formula is C60H62O24. The molecule has 24 nitrogen and oxygen atoms in total. The smallest absolute Gasteiger partial charge is 0.229 e. The second-order valence-corrected chi connectivity index (χ2v) is 21.2. The summed E-state index contributed by atoms with van der Waals surface area (Å²) in [4.78, 5) is 0. The van der Waals surface area contributed by atoms with Crippen molar-refractivity contribution in [2.24, 2.45) is 0 Å². The van der Waals surface area contributed by atoms with E-state index in [0.29, 0.717) is 38.9 Å². The number of ether oxygens (including phenoxy) is 8. The van der Waals surface area contributed by atoms with Crippen molar-refractivity contribution in [3.8, 4) is 51.7 Å². The fourth-order valence-electron chi connectivity index (χ4n) is 11.4. The highest BCUT2D eigenvalue weighted by molar-refractivity contribution is 5.76. The zero-order chi connectivity index (χ0) is 59.4. The molecule has 0 bridgehead atoms. The Balaban J connectivity index is 1.14. The Labute approximate surface area is 477 Å². The third-order valence-electron chi connectivity index (χ3n) is 15.7. The third kappa shape index (κ3) is 11.3. The Morgan fingerprint density at radius 1 is 0.369 bits per heavy atom. The lowest BCUT2D eigenvalue weighted by molar-refractivity contribution is -0.277. The van der Waals surface area contributed by atoms with Gasteiger partial charge in [0.2, 0.25) is 18.9 Å². The van der Waals surface area contributed by atoms with Crippen LogP contribution >= 0.6 is 0 Å². The van der Waals surface area contributed by atoms with Crippen LogP contribution in [0.15, 0.2) is 115 Å². The lowest BCUT2D eigenvalue weighted by atomic mass is 9.75. The van der Waals surface area contributed by atoms with Crippen LogP contribution < -0.4 is 23.7 Å². The van der Waals surface area contributed by atoms with Crippen molar-refractivity contribution in [2.45, 2.75) is 116 Å². The molecule has 0 aromatic heterocycles. The second-order valence-electron chi connectivity index (χ2n) is 21.2. The van der Waals surface area contributed by atoms with E-state index >= 15 is 0 Å². The van der Waals surface area contributed by atoms with Crippen LogP contribution in [0.5, 0.6) is 51.7 Å². The van der Waals surface area contributed by atoms with Crippen LogP contribution in [-0.4, -0.2) is 194 Å². The summed E-state index contributed by atoms with van der Waals surface area (Å²) < 4.78 is 50.0. The van der Waals surface area contributed by atoms with Crippen molar-refractivity contribution >= 4 is 12.2 Å². The molecule has 5 aliphatic heterocycles. The van der Waals surface area contributed by atoms with Gasteiger partial charge in [0.15, 0.2) is 0 Å². The predicted octanol–water partition coefficient (Wildman–Crippen LogP) is 0.747. The topological polar surface area (TPSA) is 398 Å². The molecule has 11 rings (SSSR count). The summed E-state index contributed by atoms with van der Waals surface area (Å²) in [6.45, 7) is -2.28. The highest BCUT2D eigenvalue weighted by atomic mass is 16.7. The van der Waals surface area contributed by atoms with Gasteiger partial charge in [-0.1, -0.05) is 48.6 Å². The SMILES string of the molecule is OC[C@H]1O[C@@H](Oc2cc(O)cc([C@@H]3c4c(cc(O[C@@H]5O[C@H](CO)[C@@H](O)[C@H](O)[C@H]5O)cc4[C@H]4c5c(/C=C\c6ccc(O)cc6)cc(O[C@@H]6O[C@H](CO)[C@@H](O)[C@H](O)[C@H]6O)cc5O[C@@H]4c4ccc(O)cc4)O[C@H]3c3ccc(O)cc3)c2)[C@H](O)[C@@H](O)[C@@H]1O. The molecule has 6 aromatic rings. The summed E-state index contributed by atoms with van der Waals surface area (Å²) in [5.74, 6) is -2.56. The van der Waals surface area contributed by atoms with Gasteiger partial charge in [0.1, 0.15) is 137 Å². The molecule has 0 amide bonds. The van der Waals surface area contributed by atoms with E-state index in [1.165, 1.54) is 66.7 Å². The van der Waals surface area contributed by atoms with E-state index in [0.717, 1.165) is 0 Å². The first-order valence-electron chi connectivity index (χ1n) is 26.8. The summed E-state index contributed by atoms with van der Waals surface area (Å²) in [5.41, 5.74) is 3.39. The molecule has 5 aliphatic rings. The van der Waals surface area contributed by atoms with Gasteiger partial charge in [0.25, 0.3) is 0 Å². The van der Waals surface area contributed by atoms with Gasteiger partial charge in [-0.25, -0.2) is 0 Å². The van der Waals surface area contributed by atoms with Crippen LogP contribution in [0.25, 0.3) is 12.2 Å². The molecule has 24 heteroatoms. The highest BCUT2D eigenvalue weighted by Gasteiger charge is 2.50. The van der Waals surface area contributed by atoms with E-state index in [1.807, 2.05) is 0 Å². The number of fused-ring (bicyclic) bond motifs is 2. The number of aliphatic hydroxyl groups is 12. The third-order valence-corrected chi connectivity index (χ3v) is 15.7. The van der Waals surface area contributed by atoms with Gasteiger partial charge in [0.05, 0.1) is 31.7 Å². The monoisotopic (exact) mass is 1170 g/mol. The predicted molar refractivity (Wildman–Crippen MR) is 288 cm³/mol. The van der Waals surface area contributed by atoms with Crippen LogP contribution in [0, 0.1) is 0 Å². The number of hydrogen-bond donors (Lipinski definition) is 16. The molecule has 446 valence electrons. The largest absolute Gasteiger partial charge is 0.508 e. The maximum Gasteiger partial charge on any atom is 0.229 e. The summed E-state index contributed by atoms with van der Waals surface area (Å²) in [6, 6.07) is 28.7. The summed E-state index contributed by atoms with van der Waals surface area (Å²) in [7, 11) is 0. The molecule has 5 heterocycles. The average molecular weight is 1170 g/mol. The number of aromatic hydroxyl groups is 4. The average Bonchev–Trinajstić information content (AvgIpc) is 2.02. The molecule has 0 aliphatic carbocycles. The van der Waals surface area contributed by atoms with Gasteiger partial charge in [-0.05, 0) is 94.0 Å². The molecule has 0 radical (unpaired) electrons. The Morgan fingerprint density at radius 3 is 1.23 bits per heavy atom. The van der Waals surface area contributed by atoms with Crippen molar-refractivity contribution in [3.63, 3.8) is 0 Å². The zero-order valence-electron chi connectivity index (χ0n) is 44.1. The maximum atomic E-state index is 11.6. The van der Waals surface area contributed by atoms with Gasteiger partial charge in [-0.3, -0.25) is 0 Å². The van der Waals surface area contributed by atoms with Crippen LogP contribution in [0.3, 0.4) is 0 Å². The zero-order valence-corrected chi connectivity index (χ0v) is 44.1. The number of aliphatic hydroxyl groups excluding tert-OH is 12. The normalized spacial score (nSPS) is 32.7. The maximum absolute atomic E-state index is 11.6. The minimum absolute atomic E-state index is 0.00114. The molecule has 3 fully saturated rings. The Morgan fingerprint density at radius 2 is 0.774 bits per heavy atom. The molecular weight excluding hydrogens is 1100 g/mol. The van der Waals surface area contributed by atoms with E-state index in [1.54, 1.807) is 60.7 Å². The minimum atomic E-state index is -1.88. The van der Waals surface area contributed by atoms with E-state index in [2.05, 4.69) is 0 Å². The number of phenolic OH excluding ortho intramolecular Hbond substituents is 4. The van der Waals surface area contributed by atoms with Crippen molar-refractivity contribution in [2.75, 3.05) is 19.8 Å². The molecule has 84 heavy (non-hydrogen) atoms. The number of hydrogen-bond acceptors (Lipinski definition) is 24. The van der Waals surface area contributed by atoms with Crippen molar-refractivity contribution in [1.29, 1.82) is 0 Å². The summed E-state index contributed by atoms with van der Waals surface area (Å²) >= 11 is 0. The van der Waals surface area contributed by atoms with Crippen LogP contribution in [0.1, 0.15) is 68.6 Å². The van der Waals surface area contributed by atoms with E-state index < -0.39 is 136 Å². The number of phenols is 4. The summed E-state index contributed by atoms with van der Waals surface area (Å²) in [6.07, 6.45) is -24.0. The van der Waals surface area contributed by atoms with Gasteiger partial charge < -0.3 is 120 Å². The Bertz CT molecular complexity index is 3300. The van der Waals surface area contributed by atoms with Crippen LogP contribution in [0.2, 0.25) is 0 Å². The van der Waals surface area contributed by atoms with Gasteiger partial charge in [-0.2, -0.15) is 0 Å². The first-order valence-corrected chi connectivity index (χ1v) is 26.8. The quantitative estimate of drug-likeness (QED) is 0.0631. The molecule has 0 saturated carbocycles. The number of benzene rings is 6. The van der Waals surface area contributed by atoms with Gasteiger partial charge in [-0.15, -0.1) is 0 Å². The molecule has 16 N–H and O–H groups in total. The molecule has 0 unspecified atom stereocenters. The van der Waals surface area contributed by atoms with E-state index in [-0.39, 0.29) is 57.3 Å². The van der Waals surface area contributed by atoms with E-state index in [4.69, 9.17) is 37.9 Å². The first kappa shape index (κ1) is 58.4. The second kappa shape index (κ2) is 24.0. The molecule has 19 atom stereocenters. The standard InChI is InChI=1S/C60H62O24/c61-22-40-47(68)50(71)53(74)58(82-40)77-34-17-29(15-33(67)18-34)44-45-37(19-36(79-60-55(76)52(73)49(70)42(24-63)84-60)21-39(45)81-56(44)26-5-11-31(65)12-6-26)46-43-28(4-1-25-2-9-30(64)10-3-25)16-35(78-59-54(75)51(72)48(69)41(23-62)83-59)20-38(43)80-57(46)27-7-13-32(66)14-8-27/h1-21,40-42,44,46-76H,22-24H2/b4-1-/t40-,41-,42-,44-,46+,47-,48-,49-,50+,51+,52+,53-,54-,55-,56+,57-,58-,59-,60-/m1/s1. The van der Waals surface area contributed by atoms with Gasteiger partial charge in [0, 0.05) is 29.3 Å². The lowest BCUT2D eigenvalue weighted by Crippen LogP contribution is -2.60. The highest BCUT2D eigenvalue weighted by Crippen LogP contribution is 2.60. The Kier molecular flexibility index (Phi) is 16.7. The van der Waals surface area contributed by atoms with Crippen molar-refractivity contribution in [1.82, 2.24) is 0 Å². The van der Waals surface area contributed by atoms with E-state index in [9.17, 15) is 81.7 Å². The fourth-order valence-corrected chi connectivity index (χ4v) is 11.4. The van der Waals surface area contributed by atoms with Crippen molar-refractivity contribution < 1.29 is 120 Å². The molecule has 6 aromatic carbocycles. The fraction of sp³-hybridized carbons (Fsp3) is 0.367. The summed E-state index contributed by atoms with van der Waals surface area (Å²) in [5, 5.41) is 171. The van der Waals surface area contributed by atoms with Gasteiger partial charge >= 0.3 is 0 Å². The van der Waals surface area contributed by atoms with Crippen LogP contribution in [0.4, 0.5) is 0 Å². The van der Waals surface area contributed by atoms with Crippen LogP contribution in [-0.2, 0) is 14.2 Å². The Hall–Kier alpha value is -7.34. The van der Waals surface area contributed by atoms with Crippen molar-refractivity contribution in [3.05, 3.63) is 160 Å². The lowest BCUT2D eigenvalue weighted by Gasteiger charge is -2.39.